The molecule has 2 aromatic carbocycles. The molecule has 0 saturated carbocycles. The number of rotatable bonds is 5. The molecular weight excluding hydrogens is 268 g/mol. The zero-order chi connectivity index (χ0) is 15.2. The highest BCUT2D eigenvalue weighted by molar-refractivity contribution is 5.96. The minimum atomic E-state index is -0.280. The first kappa shape index (κ1) is 14.9. The van der Waals surface area contributed by atoms with E-state index >= 15 is 0 Å². The number of hydrogen-bond donors (Lipinski definition) is 0. The van der Waals surface area contributed by atoms with Crippen LogP contribution in [0.25, 0.3) is 16.8 Å². The van der Waals surface area contributed by atoms with E-state index in [1.165, 1.54) is 7.11 Å². The van der Waals surface area contributed by atoms with Crippen LogP contribution in [0, 0.1) is 0 Å². The minimum Gasteiger partial charge on any atom is -0.496 e. The number of hydrogen-bond acceptors (Lipinski definition) is 4. The number of esters is 1. The molecule has 0 aliphatic carbocycles. The van der Waals surface area contributed by atoms with Crippen LogP contribution in [0.2, 0.25) is 0 Å². The van der Waals surface area contributed by atoms with Gasteiger partial charge in [0.05, 0.1) is 27.8 Å². The second-order valence-electron chi connectivity index (χ2n) is 4.43. The lowest BCUT2D eigenvalue weighted by molar-refractivity contribution is -0.139. The molecule has 0 fully saturated rings. The van der Waals surface area contributed by atoms with E-state index in [1.54, 1.807) is 20.3 Å². The van der Waals surface area contributed by atoms with Gasteiger partial charge in [-0.2, -0.15) is 0 Å². The highest BCUT2D eigenvalue weighted by Gasteiger charge is 2.11. The Morgan fingerprint density at radius 1 is 1.10 bits per heavy atom. The Hall–Kier alpha value is -2.49. The summed E-state index contributed by atoms with van der Waals surface area (Å²) in [6.45, 7) is 0. The Morgan fingerprint density at radius 2 is 1.81 bits per heavy atom. The van der Waals surface area contributed by atoms with Crippen molar-refractivity contribution in [1.29, 1.82) is 0 Å². The quantitative estimate of drug-likeness (QED) is 0.790. The molecular formula is C17H18O4. The van der Waals surface area contributed by atoms with Gasteiger partial charge < -0.3 is 14.2 Å². The molecule has 2 aromatic rings. The van der Waals surface area contributed by atoms with E-state index in [0.717, 1.165) is 27.8 Å². The van der Waals surface area contributed by atoms with Crippen molar-refractivity contribution >= 4 is 22.8 Å². The first-order valence-corrected chi connectivity index (χ1v) is 6.58. The summed E-state index contributed by atoms with van der Waals surface area (Å²) in [5.74, 6) is 1.25. The van der Waals surface area contributed by atoms with Crippen LogP contribution in [0.3, 0.4) is 0 Å². The van der Waals surface area contributed by atoms with Crippen LogP contribution < -0.4 is 9.47 Å². The fourth-order valence-corrected chi connectivity index (χ4v) is 2.22. The Bertz CT molecular complexity index is 674. The van der Waals surface area contributed by atoms with Gasteiger partial charge in [0.15, 0.2) is 0 Å². The molecule has 0 aliphatic rings. The predicted octanol–water partition coefficient (Wildman–Crippen LogP) is 3.43. The average Bonchev–Trinajstić information content (AvgIpc) is 2.53. The summed E-state index contributed by atoms with van der Waals surface area (Å²) in [4.78, 5) is 11.2. The van der Waals surface area contributed by atoms with Crippen LogP contribution in [0.1, 0.15) is 12.0 Å². The molecule has 0 aliphatic heterocycles. The van der Waals surface area contributed by atoms with Crippen LogP contribution in [0.15, 0.2) is 36.4 Å². The lowest BCUT2D eigenvalue weighted by atomic mass is 10.0. The molecule has 0 radical (unpaired) electrons. The molecule has 0 heterocycles. The summed E-state index contributed by atoms with van der Waals surface area (Å²) in [6.07, 6.45) is 3.80. The van der Waals surface area contributed by atoms with Gasteiger partial charge in [-0.25, -0.2) is 0 Å². The first-order chi connectivity index (χ1) is 10.2. The van der Waals surface area contributed by atoms with Crippen molar-refractivity contribution < 1.29 is 19.0 Å². The fourth-order valence-electron chi connectivity index (χ4n) is 2.22. The monoisotopic (exact) mass is 286 g/mol. The second-order valence-corrected chi connectivity index (χ2v) is 4.43. The number of carbonyl (C=O) groups is 1. The van der Waals surface area contributed by atoms with Gasteiger partial charge >= 0.3 is 5.97 Å². The number of benzene rings is 2. The summed E-state index contributed by atoms with van der Waals surface area (Å²) in [6, 6.07) is 9.77. The lowest BCUT2D eigenvalue weighted by Gasteiger charge is -2.13. The highest BCUT2D eigenvalue weighted by atomic mass is 16.5. The Kier molecular flexibility index (Phi) is 4.82. The van der Waals surface area contributed by atoms with Crippen LogP contribution >= 0.6 is 0 Å². The third-order valence-electron chi connectivity index (χ3n) is 3.22. The van der Waals surface area contributed by atoms with Gasteiger partial charge in [0.2, 0.25) is 0 Å². The van der Waals surface area contributed by atoms with Gasteiger partial charge in [-0.15, -0.1) is 0 Å². The Morgan fingerprint density at radius 3 is 2.43 bits per heavy atom. The van der Waals surface area contributed by atoms with Crippen molar-refractivity contribution in [3.8, 4) is 11.5 Å². The molecule has 4 nitrogen and oxygen atoms in total. The van der Waals surface area contributed by atoms with Gasteiger partial charge in [0.1, 0.15) is 11.5 Å². The van der Waals surface area contributed by atoms with Crippen molar-refractivity contribution in [2.75, 3.05) is 21.3 Å². The number of carbonyl (C=O) groups excluding carboxylic acids is 1. The van der Waals surface area contributed by atoms with Gasteiger partial charge in [0, 0.05) is 16.3 Å². The van der Waals surface area contributed by atoms with Gasteiger partial charge in [-0.3, -0.25) is 4.79 Å². The molecule has 21 heavy (non-hydrogen) atoms. The third kappa shape index (κ3) is 3.16. The normalized spacial score (nSPS) is 10.8. The summed E-state index contributed by atoms with van der Waals surface area (Å²) in [5, 5.41) is 1.96. The van der Waals surface area contributed by atoms with Crippen molar-refractivity contribution in [2.24, 2.45) is 0 Å². The second kappa shape index (κ2) is 6.79. The molecule has 0 atom stereocenters. The summed E-state index contributed by atoms with van der Waals surface area (Å²) < 4.78 is 15.6. The summed E-state index contributed by atoms with van der Waals surface area (Å²) in [7, 11) is 4.64. The summed E-state index contributed by atoms with van der Waals surface area (Å²) >= 11 is 0. The van der Waals surface area contributed by atoms with Gasteiger partial charge in [-0.1, -0.05) is 36.4 Å². The molecule has 4 heteroatoms. The van der Waals surface area contributed by atoms with Crippen LogP contribution in [-0.4, -0.2) is 27.3 Å². The zero-order valence-electron chi connectivity index (χ0n) is 12.4. The maximum absolute atomic E-state index is 11.2. The topological polar surface area (TPSA) is 44.8 Å². The van der Waals surface area contributed by atoms with Gasteiger partial charge in [0.25, 0.3) is 0 Å². The fraction of sp³-hybridized carbons (Fsp3) is 0.235. The van der Waals surface area contributed by atoms with Crippen molar-refractivity contribution in [2.45, 2.75) is 6.42 Å². The molecule has 0 aromatic heterocycles. The number of methoxy groups -OCH3 is 3. The Balaban J connectivity index is 2.50. The van der Waals surface area contributed by atoms with Crippen LogP contribution in [-0.2, 0) is 9.53 Å². The third-order valence-corrected chi connectivity index (χ3v) is 3.22. The largest absolute Gasteiger partial charge is 0.496 e. The molecule has 0 amide bonds. The highest BCUT2D eigenvalue weighted by Crippen LogP contribution is 2.37. The molecule has 0 N–H and O–H groups in total. The summed E-state index contributed by atoms with van der Waals surface area (Å²) in [5.41, 5.74) is 0.858. The van der Waals surface area contributed by atoms with E-state index in [4.69, 9.17) is 9.47 Å². The lowest BCUT2D eigenvalue weighted by Crippen LogP contribution is -1.97. The molecule has 0 spiro atoms. The van der Waals surface area contributed by atoms with E-state index in [2.05, 4.69) is 4.74 Å². The van der Waals surface area contributed by atoms with Crippen molar-refractivity contribution in [3.63, 3.8) is 0 Å². The average molecular weight is 286 g/mol. The van der Waals surface area contributed by atoms with Gasteiger partial charge in [-0.05, 0) is 6.07 Å². The van der Waals surface area contributed by atoms with Crippen LogP contribution in [0.5, 0.6) is 11.5 Å². The van der Waals surface area contributed by atoms with Crippen molar-refractivity contribution in [3.05, 3.63) is 42.0 Å². The smallest absolute Gasteiger partial charge is 0.309 e. The molecule has 2 rings (SSSR count). The van der Waals surface area contributed by atoms with Crippen LogP contribution in [0.4, 0.5) is 0 Å². The number of ether oxygens (including phenoxy) is 3. The number of fused-ring (bicyclic) bond motifs is 1. The van der Waals surface area contributed by atoms with E-state index in [-0.39, 0.29) is 12.4 Å². The van der Waals surface area contributed by atoms with E-state index in [9.17, 15) is 4.79 Å². The first-order valence-electron chi connectivity index (χ1n) is 6.58. The minimum absolute atomic E-state index is 0.217. The molecule has 0 saturated heterocycles. The SMILES string of the molecule is COC(=O)C/C=C/c1cc(OC)c2ccccc2c1OC. The zero-order valence-corrected chi connectivity index (χ0v) is 12.4. The standard InChI is InChI=1S/C17H18O4/c1-19-15-11-12(7-6-10-16(18)20-2)17(21-3)14-9-5-4-8-13(14)15/h4-9,11H,10H2,1-3H3/b7-6+. The van der Waals surface area contributed by atoms with Crippen molar-refractivity contribution in [1.82, 2.24) is 0 Å². The molecule has 0 bridgehead atoms. The molecule has 0 unspecified atom stereocenters. The molecule has 110 valence electrons. The van der Waals surface area contributed by atoms with E-state index in [0.29, 0.717) is 0 Å². The van der Waals surface area contributed by atoms with E-state index in [1.807, 2.05) is 36.4 Å². The maximum atomic E-state index is 11.2. The Labute approximate surface area is 123 Å². The van der Waals surface area contributed by atoms with E-state index < -0.39 is 0 Å². The maximum Gasteiger partial charge on any atom is 0.309 e. The predicted molar refractivity (Wildman–Crippen MR) is 82.7 cm³/mol.